The summed E-state index contributed by atoms with van der Waals surface area (Å²) in [4.78, 5) is 2.18. The molecule has 0 aliphatic heterocycles. The van der Waals surface area contributed by atoms with Crippen LogP contribution in [0.25, 0.3) is 11.1 Å². The number of anilines is 1. The molecule has 0 fully saturated rings. The van der Waals surface area contributed by atoms with Gasteiger partial charge in [-0.05, 0) is 35.2 Å². The van der Waals surface area contributed by atoms with Crippen LogP contribution in [0.3, 0.4) is 0 Å². The summed E-state index contributed by atoms with van der Waals surface area (Å²) in [6.45, 7) is 0. The maximum Gasteiger partial charge on any atom is 0.0444 e. The van der Waals surface area contributed by atoms with Crippen LogP contribution in [0.4, 0.5) is 5.69 Å². The summed E-state index contributed by atoms with van der Waals surface area (Å²) in [5.41, 5.74) is 6.77. The third-order valence-electron chi connectivity index (χ3n) is 3.19. The quantitative estimate of drug-likeness (QED) is 0.594. The van der Waals surface area contributed by atoms with Gasteiger partial charge >= 0.3 is 0 Å². The van der Waals surface area contributed by atoms with Crippen LogP contribution in [0, 0.1) is 6.07 Å². The molecule has 0 spiro atoms. The smallest absolute Gasteiger partial charge is 0.0444 e. The Labute approximate surface area is 96.3 Å². The summed E-state index contributed by atoms with van der Waals surface area (Å²) in [5.74, 6) is 0. The SMILES string of the molecule is CN(C)c1cc[c]c2c1-c1ccccc1C2. The number of hydrogen-bond donors (Lipinski definition) is 0. The Morgan fingerprint density at radius 3 is 2.75 bits per heavy atom. The Bertz CT molecular complexity index is 541. The van der Waals surface area contributed by atoms with E-state index in [9.17, 15) is 0 Å². The van der Waals surface area contributed by atoms with Gasteiger partial charge in [-0.15, -0.1) is 0 Å². The van der Waals surface area contributed by atoms with Crippen LogP contribution in [0.2, 0.25) is 0 Å². The van der Waals surface area contributed by atoms with E-state index in [0.29, 0.717) is 0 Å². The van der Waals surface area contributed by atoms with Gasteiger partial charge < -0.3 is 4.90 Å². The van der Waals surface area contributed by atoms with Crippen molar-refractivity contribution in [2.24, 2.45) is 0 Å². The van der Waals surface area contributed by atoms with Crippen LogP contribution < -0.4 is 4.90 Å². The minimum Gasteiger partial charge on any atom is -0.377 e. The third kappa shape index (κ3) is 1.25. The first kappa shape index (κ1) is 9.46. The van der Waals surface area contributed by atoms with Gasteiger partial charge in [0.2, 0.25) is 0 Å². The van der Waals surface area contributed by atoms with Gasteiger partial charge in [-0.3, -0.25) is 0 Å². The first-order chi connectivity index (χ1) is 7.77. The zero-order valence-corrected chi connectivity index (χ0v) is 9.62. The Hall–Kier alpha value is -1.76. The Balaban J connectivity index is 2.29. The van der Waals surface area contributed by atoms with Gasteiger partial charge in [0, 0.05) is 25.3 Å². The predicted molar refractivity (Wildman–Crippen MR) is 67.8 cm³/mol. The average Bonchev–Trinajstić information content (AvgIpc) is 2.66. The highest BCUT2D eigenvalue weighted by molar-refractivity contribution is 5.86. The van der Waals surface area contributed by atoms with E-state index in [4.69, 9.17) is 0 Å². The second-order valence-corrected chi connectivity index (χ2v) is 4.44. The molecule has 0 saturated carbocycles. The van der Waals surface area contributed by atoms with Gasteiger partial charge in [-0.1, -0.05) is 30.3 Å². The monoisotopic (exact) mass is 208 g/mol. The van der Waals surface area contributed by atoms with E-state index in [0.717, 1.165) is 6.42 Å². The molecule has 0 N–H and O–H groups in total. The van der Waals surface area contributed by atoms with Gasteiger partial charge in [0.15, 0.2) is 0 Å². The molecule has 79 valence electrons. The summed E-state index contributed by atoms with van der Waals surface area (Å²) < 4.78 is 0. The Kier molecular flexibility index (Phi) is 2.00. The molecule has 0 aromatic heterocycles. The molecule has 1 radical (unpaired) electrons. The molecule has 3 rings (SSSR count). The fraction of sp³-hybridized carbons (Fsp3) is 0.200. The molecule has 0 bridgehead atoms. The van der Waals surface area contributed by atoms with E-state index in [1.807, 2.05) is 6.07 Å². The lowest BCUT2D eigenvalue weighted by atomic mass is 10.0. The molecule has 16 heavy (non-hydrogen) atoms. The van der Waals surface area contributed by atoms with Crippen molar-refractivity contribution in [3.63, 3.8) is 0 Å². The number of hydrogen-bond acceptors (Lipinski definition) is 1. The first-order valence-electron chi connectivity index (χ1n) is 5.56. The second-order valence-electron chi connectivity index (χ2n) is 4.44. The zero-order chi connectivity index (χ0) is 11.1. The van der Waals surface area contributed by atoms with E-state index >= 15 is 0 Å². The van der Waals surface area contributed by atoms with Gasteiger partial charge in [-0.2, -0.15) is 0 Å². The molecule has 2 aromatic carbocycles. The summed E-state index contributed by atoms with van der Waals surface area (Å²) in [6, 6.07) is 16.2. The third-order valence-corrected chi connectivity index (χ3v) is 3.19. The summed E-state index contributed by atoms with van der Waals surface area (Å²) in [7, 11) is 4.19. The van der Waals surface area contributed by atoms with Gasteiger partial charge in [0.05, 0.1) is 0 Å². The number of rotatable bonds is 1. The minimum absolute atomic E-state index is 1.02. The highest BCUT2D eigenvalue weighted by Crippen LogP contribution is 2.41. The van der Waals surface area contributed by atoms with Crippen molar-refractivity contribution in [2.75, 3.05) is 19.0 Å². The highest BCUT2D eigenvalue weighted by Gasteiger charge is 2.21. The van der Waals surface area contributed by atoms with Gasteiger partial charge in [0.1, 0.15) is 0 Å². The lowest BCUT2D eigenvalue weighted by Crippen LogP contribution is -2.10. The number of fused-ring (bicyclic) bond motifs is 3. The second kappa shape index (κ2) is 3.38. The lowest BCUT2D eigenvalue weighted by molar-refractivity contribution is 1.13. The Morgan fingerprint density at radius 2 is 1.94 bits per heavy atom. The van der Waals surface area contributed by atoms with Crippen molar-refractivity contribution in [1.82, 2.24) is 0 Å². The molecule has 1 aliphatic carbocycles. The van der Waals surface area contributed by atoms with Crippen molar-refractivity contribution in [3.05, 3.63) is 53.6 Å². The van der Waals surface area contributed by atoms with Crippen molar-refractivity contribution in [3.8, 4) is 11.1 Å². The first-order valence-corrected chi connectivity index (χ1v) is 5.56. The molecule has 1 nitrogen and oxygen atoms in total. The Morgan fingerprint density at radius 1 is 1.12 bits per heavy atom. The normalized spacial score (nSPS) is 12.1. The maximum atomic E-state index is 3.36. The van der Waals surface area contributed by atoms with Crippen molar-refractivity contribution in [1.29, 1.82) is 0 Å². The molecule has 1 aliphatic rings. The average molecular weight is 208 g/mol. The van der Waals surface area contributed by atoms with Crippen LogP contribution >= 0.6 is 0 Å². The number of nitrogens with zero attached hydrogens (tertiary/aromatic N) is 1. The van der Waals surface area contributed by atoms with E-state index in [1.54, 1.807) is 0 Å². The van der Waals surface area contributed by atoms with Crippen LogP contribution in [0.1, 0.15) is 11.1 Å². The van der Waals surface area contributed by atoms with Gasteiger partial charge in [0.25, 0.3) is 0 Å². The highest BCUT2D eigenvalue weighted by atomic mass is 15.1. The molecule has 0 unspecified atom stereocenters. The van der Waals surface area contributed by atoms with Crippen LogP contribution in [0.15, 0.2) is 36.4 Å². The van der Waals surface area contributed by atoms with Crippen molar-refractivity contribution >= 4 is 5.69 Å². The molecule has 0 amide bonds. The van der Waals surface area contributed by atoms with E-state index in [1.165, 1.54) is 27.9 Å². The fourth-order valence-electron chi connectivity index (χ4n) is 2.45. The predicted octanol–water partition coefficient (Wildman–Crippen LogP) is 3.12. The maximum absolute atomic E-state index is 3.36. The molecule has 1 heteroatoms. The van der Waals surface area contributed by atoms with Crippen LogP contribution in [0.5, 0.6) is 0 Å². The standard InChI is InChI=1S/C15H14N/c1-16(2)14-9-5-7-12-10-11-6-3-4-8-13(11)15(12)14/h3-6,8-9H,10H2,1-2H3. The minimum atomic E-state index is 1.02. The topological polar surface area (TPSA) is 3.24 Å². The van der Waals surface area contributed by atoms with E-state index < -0.39 is 0 Å². The fourth-order valence-corrected chi connectivity index (χ4v) is 2.45. The molecule has 0 heterocycles. The molecule has 0 saturated heterocycles. The van der Waals surface area contributed by atoms with Gasteiger partial charge in [-0.25, -0.2) is 0 Å². The largest absolute Gasteiger partial charge is 0.377 e. The van der Waals surface area contributed by atoms with E-state index in [2.05, 4.69) is 55.4 Å². The summed E-state index contributed by atoms with van der Waals surface area (Å²) >= 11 is 0. The van der Waals surface area contributed by atoms with Crippen LogP contribution in [-0.2, 0) is 6.42 Å². The summed E-state index contributed by atoms with van der Waals surface area (Å²) in [6.07, 6.45) is 1.02. The molecule has 2 aromatic rings. The van der Waals surface area contributed by atoms with Crippen molar-refractivity contribution < 1.29 is 0 Å². The van der Waals surface area contributed by atoms with E-state index in [-0.39, 0.29) is 0 Å². The van der Waals surface area contributed by atoms with Crippen LogP contribution in [-0.4, -0.2) is 14.1 Å². The zero-order valence-electron chi connectivity index (χ0n) is 9.62. The molecule has 0 atom stereocenters. The molecular weight excluding hydrogens is 194 g/mol. The van der Waals surface area contributed by atoms with Crippen molar-refractivity contribution in [2.45, 2.75) is 6.42 Å². The number of benzene rings is 2. The lowest BCUT2D eigenvalue weighted by Gasteiger charge is -2.17. The summed E-state index contributed by atoms with van der Waals surface area (Å²) in [5, 5.41) is 0. The molecular formula is C15H14N.